The molecule has 2 aliphatic rings. The standard InChI is InChI=1S/C24H21Cl3N4O5S/c1-30-11-14(9-29-30)13-2-3-20(17(26)6-13)37(35,36)16-8-19(22(32)33)31(12-16)23(34)24(4-5-24)21-18(27)7-15(25)10-28-21/h2-3,6-7,9-11,16,19H,4-5,8,12H2,1H3,(H,32,33)/t16-,19+/m1/s1. The second-order valence-corrected chi connectivity index (χ2v) is 12.8. The van der Waals surface area contributed by atoms with Crippen LogP contribution in [0.4, 0.5) is 0 Å². The van der Waals surface area contributed by atoms with Crippen molar-refractivity contribution in [1.82, 2.24) is 19.7 Å². The zero-order chi connectivity index (χ0) is 26.7. The predicted octanol–water partition coefficient (Wildman–Crippen LogP) is 4.00. The smallest absolute Gasteiger partial charge is 0.326 e. The van der Waals surface area contributed by atoms with E-state index < -0.39 is 38.4 Å². The Balaban J connectivity index is 1.44. The van der Waals surface area contributed by atoms with Gasteiger partial charge in [-0.1, -0.05) is 40.9 Å². The van der Waals surface area contributed by atoms with Gasteiger partial charge in [0.15, 0.2) is 9.84 Å². The van der Waals surface area contributed by atoms with Crippen molar-refractivity contribution in [3.8, 4) is 11.1 Å². The number of halogens is 3. The molecule has 0 spiro atoms. The summed E-state index contributed by atoms with van der Waals surface area (Å²) in [6.07, 6.45) is 5.35. The van der Waals surface area contributed by atoms with Gasteiger partial charge in [-0.2, -0.15) is 5.10 Å². The van der Waals surface area contributed by atoms with Gasteiger partial charge >= 0.3 is 5.97 Å². The van der Waals surface area contributed by atoms with Gasteiger partial charge in [0.25, 0.3) is 0 Å². The van der Waals surface area contributed by atoms with Crippen molar-refractivity contribution in [2.75, 3.05) is 6.54 Å². The number of likely N-dealkylation sites (tertiary alicyclic amines) is 1. The lowest BCUT2D eigenvalue weighted by molar-refractivity contribution is -0.149. The predicted molar refractivity (Wildman–Crippen MR) is 138 cm³/mol. The Bertz CT molecular complexity index is 1540. The fourth-order valence-corrected chi connectivity index (χ4v) is 7.66. The number of sulfone groups is 1. The van der Waals surface area contributed by atoms with Gasteiger partial charge in [0.2, 0.25) is 5.91 Å². The number of carbonyl (C=O) groups excluding carboxylic acids is 1. The van der Waals surface area contributed by atoms with Crippen LogP contribution in [0.2, 0.25) is 15.1 Å². The van der Waals surface area contributed by atoms with Crippen LogP contribution in [0.5, 0.6) is 0 Å². The summed E-state index contributed by atoms with van der Waals surface area (Å²) >= 11 is 18.7. The van der Waals surface area contributed by atoms with Crippen LogP contribution < -0.4 is 0 Å². The molecule has 37 heavy (non-hydrogen) atoms. The second-order valence-electron chi connectivity index (χ2n) is 9.33. The fourth-order valence-electron chi connectivity index (χ4n) is 4.86. The molecular formula is C24H21Cl3N4O5S. The molecule has 3 aromatic rings. The van der Waals surface area contributed by atoms with Crippen LogP contribution in [-0.4, -0.2) is 62.9 Å². The van der Waals surface area contributed by atoms with E-state index in [4.69, 9.17) is 34.8 Å². The molecule has 2 fully saturated rings. The summed E-state index contributed by atoms with van der Waals surface area (Å²) in [5.74, 6) is -1.79. The minimum Gasteiger partial charge on any atom is -0.480 e. The van der Waals surface area contributed by atoms with E-state index in [-0.39, 0.29) is 27.9 Å². The summed E-state index contributed by atoms with van der Waals surface area (Å²) in [6, 6.07) is 4.72. The van der Waals surface area contributed by atoms with Crippen LogP contribution in [0, 0.1) is 0 Å². The number of benzene rings is 1. The largest absolute Gasteiger partial charge is 0.480 e. The van der Waals surface area contributed by atoms with Crippen molar-refractivity contribution in [1.29, 1.82) is 0 Å². The summed E-state index contributed by atoms with van der Waals surface area (Å²) in [5.41, 5.74) is 0.665. The molecule has 1 aromatic carbocycles. The van der Waals surface area contributed by atoms with Gasteiger partial charge in [0, 0.05) is 31.5 Å². The Morgan fingerprint density at radius 2 is 1.81 bits per heavy atom. The molecule has 2 atom stereocenters. The third-order valence-corrected chi connectivity index (χ3v) is 10.1. The Hall–Kier alpha value is -2.66. The van der Waals surface area contributed by atoms with E-state index >= 15 is 0 Å². The SMILES string of the molecule is Cn1cc(-c2ccc(S(=O)(=O)[C@@H]3C[C@@H](C(=O)O)N(C(=O)C4(c5ncc(Cl)cc5Cl)CC4)C3)c(Cl)c2)cn1. The highest BCUT2D eigenvalue weighted by molar-refractivity contribution is 7.92. The van der Waals surface area contributed by atoms with Crippen LogP contribution in [0.1, 0.15) is 25.0 Å². The van der Waals surface area contributed by atoms with Crippen molar-refractivity contribution in [2.24, 2.45) is 7.05 Å². The zero-order valence-corrected chi connectivity index (χ0v) is 22.5. The molecule has 5 rings (SSSR count). The third kappa shape index (κ3) is 4.50. The van der Waals surface area contributed by atoms with Gasteiger partial charge in [0.1, 0.15) is 6.04 Å². The average Bonchev–Trinajstić information content (AvgIpc) is 3.29. The molecule has 0 radical (unpaired) electrons. The first-order valence-corrected chi connectivity index (χ1v) is 14.0. The molecule has 0 unspecified atom stereocenters. The number of nitrogens with zero attached hydrogens (tertiary/aromatic N) is 4. The zero-order valence-electron chi connectivity index (χ0n) is 19.4. The lowest BCUT2D eigenvalue weighted by atomic mass is 9.99. The maximum absolute atomic E-state index is 13.7. The minimum atomic E-state index is -4.07. The van der Waals surface area contributed by atoms with Gasteiger partial charge < -0.3 is 10.0 Å². The van der Waals surface area contributed by atoms with Gasteiger partial charge in [-0.05, 0) is 43.0 Å². The minimum absolute atomic E-state index is 0.00816. The van der Waals surface area contributed by atoms with Gasteiger partial charge in [-0.25, -0.2) is 13.2 Å². The third-order valence-electron chi connectivity index (χ3n) is 6.94. The molecule has 1 N–H and O–H groups in total. The summed E-state index contributed by atoms with van der Waals surface area (Å²) < 4.78 is 28.8. The van der Waals surface area contributed by atoms with Gasteiger partial charge in [0.05, 0.1) is 42.5 Å². The number of carbonyl (C=O) groups is 2. The van der Waals surface area contributed by atoms with E-state index in [1.165, 1.54) is 24.4 Å². The first-order valence-electron chi connectivity index (χ1n) is 11.3. The summed E-state index contributed by atoms with van der Waals surface area (Å²) in [6.45, 7) is -0.286. The van der Waals surface area contributed by atoms with Gasteiger partial charge in [-0.3, -0.25) is 14.5 Å². The monoisotopic (exact) mass is 582 g/mol. The second kappa shape index (κ2) is 9.27. The average molecular weight is 584 g/mol. The normalized spacial score (nSPS) is 20.7. The molecule has 3 heterocycles. The van der Waals surface area contributed by atoms with Crippen LogP contribution >= 0.6 is 34.8 Å². The summed E-state index contributed by atoms with van der Waals surface area (Å²) in [7, 11) is -2.31. The Kier molecular flexibility index (Phi) is 6.50. The van der Waals surface area contributed by atoms with Crippen molar-refractivity contribution >= 4 is 56.5 Å². The fraction of sp³-hybridized carbons (Fsp3) is 0.333. The Labute approximate surface area is 227 Å². The van der Waals surface area contributed by atoms with Gasteiger partial charge in [-0.15, -0.1) is 0 Å². The molecule has 1 amide bonds. The number of aliphatic carboxylic acids is 1. The molecule has 1 saturated heterocycles. The summed E-state index contributed by atoms with van der Waals surface area (Å²) in [4.78, 5) is 31.0. The molecule has 194 valence electrons. The number of carboxylic acid groups (broad SMARTS) is 1. The molecule has 2 aromatic heterocycles. The van der Waals surface area contributed by atoms with E-state index in [9.17, 15) is 23.1 Å². The van der Waals surface area contributed by atoms with Crippen molar-refractivity contribution in [3.05, 3.63) is 63.6 Å². The van der Waals surface area contributed by atoms with E-state index in [1.54, 1.807) is 30.2 Å². The van der Waals surface area contributed by atoms with E-state index in [1.807, 2.05) is 0 Å². The highest BCUT2D eigenvalue weighted by Gasteiger charge is 2.59. The van der Waals surface area contributed by atoms with Crippen molar-refractivity contribution in [2.45, 2.75) is 40.9 Å². The first-order chi connectivity index (χ1) is 17.4. The topological polar surface area (TPSA) is 122 Å². The van der Waals surface area contributed by atoms with Crippen molar-refractivity contribution in [3.63, 3.8) is 0 Å². The molecule has 9 nitrogen and oxygen atoms in total. The highest BCUT2D eigenvalue weighted by Crippen LogP contribution is 2.52. The number of hydrogen-bond acceptors (Lipinski definition) is 6. The number of aryl methyl sites for hydroxylation is 1. The lowest BCUT2D eigenvalue weighted by Gasteiger charge is -2.27. The van der Waals surface area contributed by atoms with E-state index in [0.29, 0.717) is 29.1 Å². The maximum Gasteiger partial charge on any atom is 0.326 e. The number of rotatable bonds is 6. The Morgan fingerprint density at radius 3 is 2.38 bits per heavy atom. The van der Waals surface area contributed by atoms with Crippen LogP contribution in [0.3, 0.4) is 0 Å². The number of aromatic nitrogens is 3. The quantitative estimate of drug-likeness (QED) is 0.465. The molecular weight excluding hydrogens is 563 g/mol. The first kappa shape index (κ1) is 26.0. The van der Waals surface area contributed by atoms with Crippen molar-refractivity contribution < 1.29 is 23.1 Å². The van der Waals surface area contributed by atoms with Crippen LogP contribution in [0.15, 0.2) is 47.8 Å². The molecule has 1 aliphatic carbocycles. The highest BCUT2D eigenvalue weighted by atomic mass is 35.5. The molecule has 13 heteroatoms. The number of amides is 1. The van der Waals surface area contributed by atoms with E-state index in [2.05, 4.69) is 10.1 Å². The van der Waals surface area contributed by atoms with Crippen LogP contribution in [-0.2, 0) is 31.9 Å². The summed E-state index contributed by atoms with van der Waals surface area (Å²) in [5, 5.41) is 13.3. The molecule has 0 bridgehead atoms. The number of carboxylic acids is 1. The maximum atomic E-state index is 13.7. The lowest BCUT2D eigenvalue weighted by Crippen LogP contribution is -2.46. The Morgan fingerprint density at radius 1 is 1.08 bits per heavy atom. The van der Waals surface area contributed by atoms with E-state index in [0.717, 1.165) is 10.5 Å². The van der Waals surface area contributed by atoms with Crippen LogP contribution in [0.25, 0.3) is 11.1 Å². The molecule has 1 saturated carbocycles. The number of hydrogen-bond donors (Lipinski definition) is 1. The number of pyridine rings is 1. The molecule has 1 aliphatic heterocycles.